The Morgan fingerprint density at radius 3 is 2.20 bits per heavy atom. The summed E-state index contributed by atoms with van der Waals surface area (Å²) in [7, 11) is 0. The fourth-order valence-electron chi connectivity index (χ4n) is 1.88. The molecule has 20 heavy (non-hydrogen) atoms. The first-order valence-electron chi connectivity index (χ1n) is 6.85. The van der Waals surface area contributed by atoms with Crippen LogP contribution in [0.1, 0.15) is 62.4 Å². The van der Waals surface area contributed by atoms with Crippen LogP contribution >= 0.6 is 0 Å². The van der Waals surface area contributed by atoms with Crippen molar-refractivity contribution in [1.82, 2.24) is 5.32 Å². The highest BCUT2D eigenvalue weighted by Crippen LogP contribution is 2.16. The Kier molecular flexibility index (Phi) is 5.31. The van der Waals surface area contributed by atoms with Gasteiger partial charge >= 0.3 is 5.97 Å². The smallest absolute Gasteiger partial charge is 0.303 e. The number of benzene rings is 1. The maximum Gasteiger partial charge on any atom is 0.303 e. The number of hydrogen-bond acceptors (Lipinski definition) is 2. The lowest BCUT2D eigenvalue weighted by Gasteiger charge is -2.25. The van der Waals surface area contributed by atoms with Crippen molar-refractivity contribution in [1.29, 1.82) is 0 Å². The Hall–Kier alpha value is -1.84. The Bertz CT molecular complexity index is 475. The summed E-state index contributed by atoms with van der Waals surface area (Å²) in [5.41, 5.74) is 1.25. The quantitative estimate of drug-likeness (QED) is 0.839. The van der Waals surface area contributed by atoms with Crippen LogP contribution in [-0.2, 0) is 4.79 Å². The van der Waals surface area contributed by atoms with E-state index in [1.807, 2.05) is 26.0 Å². The molecule has 0 heterocycles. The summed E-state index contributed by atoms with van der Waals surface area (Å²) in [6.07, 6.45) is 0.442. The number of amides is 1. The van der Waals surface area contributed by atoms with E-state index in [0.29, 0.717) is 17.9 Å². The number of nitrogens with one attached hydrogen (secondary N) is 1. The highest BCUT2D eigenvalue weighted by molar-refractivity contribution is 5.94. The van der Waals surface area contributed by atoms with Gasteiger partial charge in [-0.05, 0) is 43.9 Å². The van der Waals surface area contributed by atoms with Crippen LogP contribution in [0.4, 0.5) is 0 Å². The van der Waals surface area contributed by atoms with Crippen LogP contribution in [0.2, 0.25) is 0 Å². The predicted molar refractivity (Wildman–Crippen MR) is 78.9 cm³/mol. The van der Waals surface area contributed by atoms with E-state index < -0.39 is 11.5 Å². The van der Waals surface area contributed by atoms with Crippen molar-refractivity contribution < 1.29 is 14.7 Å². The van der Waals surface area contributed by atoms with Crippen LogP contribution in [0.3, 0.4) is 0 Å². The third kappa shape index (κ3) is 5.03. The minimum Gasteiger partial charge on any atom is -0.481 e. The molecular formula is C16H23NO3. The second-order valence-electron chi connectivity index (χ2n) is 6.01. The minimum atomic E-state index is -0.853. The van der Waals surface area contributed by atoms with Gasteiger partial charge in [0.05, 0.1) is 0 Å². The van der Waals surface area contributed by atoms with Gasteiger partial charge < -0.3 is 10.4 Å². The van der Waals surface area contributed by atoms with Gasteiger partial charge in [0.1, 0.15) is 0 Å². The van der Waals surface area contributed by atoms with E-state index in [1.54, 1.807) is 12.1 Å². The molecule has 0 spiro atoms. The molecule has 1 rings (SSSR count). The Labute approximate surface area is 120 Å². The van der Waals surface area contributed by atoms with Gasteiger partial charge in [-0.3, -0.25) is 9.59 Å². The summed E-state index contributed by atoms with van der Waals surface area (Å²) in [6, 6.07) is 7.50. The molecule has 0 fully saturated rings. The van der Waals surface area contributed by atoms with Crippen molar-refractivity contribution >= 4 is 11.9 Å². The summed E-state index contributed by atoms with van der Waals surface area (Å²) in [5, 5.41) is 11.6. The maximum atomic E-state index is 12.1. The van der Waals surface area contributed by atoms with Gasteiger partial charge in [-0.1, -0.05) is 26.0 Å². The van der Waals surface area contributed by atoms with Gasteiger partial charge in [-0.25, -0.2) is 0 Å². The highest BCUT2D eigenvalue weighted by Gasteiger charge is 2.22. The first kappa shape index (κ1) is 16.2. The molecular weight excluding hydrogens is 254 g/mol. The lowest BCUT2D eigenvalue weighted by molar-refractivity contribution is -0.137. The van der Waals surface area contributed by atoms with Crippen LogP contribution in [0.25, 0.3) is 0 Å². The van der Waals surface area contributed by atoms with Crippen LogP contribution in [0, 0.1) is 0 Å². The van der Waals surface area contributed by atoms with E-state index in [4.69, 9.17) is 5.11 Å². The van der Waals surface area contributed by atoms with Crippen LogP contribution in [-0.4, -0.2) is 22.5 Å². The zero-order valence-corrected chi connectivity index (χ0v) is 12.6. The fourth-order valence-corrected chi connectivity index (χ4v) is 1.88. The second kappa shape index (κ2) is 6.55. The van der Waals surface area contributed by atoms with Crippen molar-refractivity contribution in [2.24, 2.45) is 0 Å². The molecule has 0 aliphatic carbocycles. The normalized spacial score (nSPS) is 11.4. The van der Waals surface area contributed by atoms with E-state index in [1.165, 1.54) is 5.56 Å². The summed E-state index contributed by atoms with van der Waals surface area (Å²) in [6.45, 7) is 7.86. The van der Waals surface area contributed by atoms with E-state index in [-0.39, 0.29) is 12.3 Å². The molecule has 4 nitrogen and oxygen atoms in total. The average Bonchev–Trinajstić information content (AvgIpc) is 2.36. The molecule has 1 amide bonds. The molecule has 0 unspecified atom stereocenters. The topological polar surface area (TPSA) is 66.4 Å². The summed E-state index contributed by atoms with van der Waals surface area (Å²) >= 11 is 0. The largest absolute Gasteiger partial charge is 0.481 e. The van der Waals surface area contributed by atoms with Crippen LogP contribution in [0.5, 0.6) is 0 Å². The van der Waals surface area contributed by atoms with Crippen LogP contribution < -0.4 is 5.32 Å². The SMILES string of the molecule is CC(C)c1ccc(C(=O)NC(C)(C)CCC(=O)O)cc1. The number of hydrogen-bond donors (Lipinski definition) is 2. The van der Waals surface area contributed by atoms with Crippen LogP contribution in [0.15, 0.2) is 24.3 Å². The number of carbonyl (C=O) groups excluding carboxylic acids is 1. The lowest BCUT2D eigenvalue weighted by atomic mass is 9.97. The number of carboxylic acid groups (broad SMARTS) is 1. The van der Waals surface area contributed by atoms with Crippen molar-refractivity contribution in [3.63, 3.8) is 0 Å². The van der Waals surface area contributed by atoms with Crippen molar-refractivity contribution in [3.05, 3.63) is 35.4 Å². The van der Waals surface area contributed by atoms with Gasteiger partial charge in [0.25, 0.3) is 5.91 Å². The molecule has 1 aromatic rings. The Morgan fingerprint density at radius 1 is 1.20 bits per heavy atom. The van der Waals surface area contributed by atoms with Crippen molar-refractivity contribution in [2.45, 2.75) is 52.0 Å². The maximum absolute atomic E-state index is 12.1. The van der Waals surface area contributed by atoms with Gasteiger partial charge in [0.15, 0.2) is 0 Å². The Balaban J connectivity index is 2.68. The zero-order valence-electron chi connectivity index (χ0n) is 12.6. The zero-order chi connectivity index (χ0) is 15.3. The van der Waals surface area contributed by atoms with Gasteiger partial charge in [-0.2, -0.15) is 0 Å². The molecule has 0 aliphatic rings. The third-order valence-electron chi connectivity index (χ3n) is 3.26. The molecule has 0 radical (unpaired) electrons. The number of aliphatic carboxylic acids is 1. The second-order valence-corrected chi connectivity index (χ2v) is 6.01. The fraction of sp³-hybridized carbons (Fsp3) is 0.500. The molecule has 1 aromatic carbocycles. The molecule has 0 aliphatic heterocycles. The lowest BCUT2D eigenvalue weighted by Crippen LogP contribution is -2.43. The van der Waals surface area contributed by atoms with E-state index in [2.05, 4.69) is 19.2 Å². The first-order valence-corrected chi connectivity index (χ1v) is 6.85. The number of rotatable bonds is 6. The molecule has 4 heteroatoms. The molecule has 0 atom stereocenters. The van der Waals surface area contributed by atoms with Gasteiger partial charge in [-0.15, -0.1) is 0 Å². The highest BCUT2D eigenvalue weighted by atomic mass is 16.4. The summed E-state index contributed by atoms with van der Waals surface area (Å²) in [4.78, 5) is 22.7. The molecule has 2 N–H and O–H groups in total. The van der Waals surface area contributed by atoms with Gasteiger partial charge in [0, 0.05) is 17.5 Å². The molecule has 0 bridgehead atoms. The minimum absolute atomic E-state index is 0.0412. The molecule has 0 aromatic heterocycles. The molecule has 110 valence electrons. The van der Waals surface area contributed by atoms with Crippen molar-refractivity contribution in [2.75, 3.05) is 0 Å². The predicted octanol–water partition coefficient (Wildman–Crippen LogP) is 3.18. The molecule has 0 saturated carbocycles. The monoisotopic (exact) mass is 277 g/mol. The van der Waals surface area contributed by atoms with Crippen molar-refractivity contribution in [3.8, 4) is 0 Å². The Morgan fingerprint density at radius 2 is 1.75 bits per heavy atom. The summed E-state index contributed by atoms with van der Waals surface area (Å²) < 4.78 is 0. The van der Waals surface area contributed by atoms with Gasteiger partial charge in [0.2, 0.25) is 0 Å². The van der Waals surface area contributed by atoms with E-state index >= 15 is 0 Å². The average molecular weight is 277 g/mol. The number of carboxylic acids is 1. The van der Waals surface area contributed by atoms with E-state index in [9.17, 15) is 9.59 Å². The summed E-state index contributed by atoms with van der Waals surface area (Å²) in [5.74, 6) is -0.594. The molecule has 0 saturated heterocycles. The van der Waals surface area contributed by atoms with E-state index in [0.717, 1.165) is 0 Å². The standard InChI is InChI=1S/C16H23NO3/c1-11(2)12-5-7-13(8-6-12)15(20)17-16(3,4)10-9-14(18)19/h5-8,11H,9-10H2,1-4H3,(H,17,20)(H,18,19). The number of carbonyl (C=O) groups is 2. The third-order valence-corrected chi connectivity index (χ3v) is 3.26. The first-order chi connectivity index (χ1) is 9.21.